The number of hydrogen-bond donors (Lipinski definition) is 2. The fraction of sp³-hybridized carbons (Fsp3) is 0.333. The lowest BCUT2D eigenvalue weighted by molar-refractivity contribution is -0.142. The van der Waals surface area contributed by atoms with Crippen LogP contribution in [0.25, 0.3) is 0 Å². The van der Waals surface area contributed by atoms with Gasteiger partial charge in [0.15, 0.2) is 0 Å². The maximum absolute atomic E-state index is 13.1. The maximum atomic E-state index is 13.1. The van der Waals surface area contributed by atoms with Gasteiger partial charge in [-0.25, -0.2) is 18.0 Å². The Kier molecular flexibility index (Phi) is 8.10. The molecule has 2 aromatic rings. The Morgan fingerprint density at radius 3 is 2.28 bits per heavy atom. The Labute approximate surface area is 208 Å². The molecule has 0 bridgehead atoms. The first kappa shape index (κ1) is 26.8. The molecule has 1 aliphatic heterocycles. The van der Waals surface area contributed by atoms with Crippen molar-refractivity contribution in [2.75, 3.05) is 20.6 Å². The molecule has 0 saturated carbocycles. The second-order valence-corrected chi connectivity index (χ2v) is 10.5. The summed E-state index contributed by atoms with van der Waals surface area (Å²) in [7, 11) is -1.10. The highest BCUT2D eigenvalue weighted by Crippen LogP contribution is 2.25. The van der Waals surface area contributed by atoms with E-state index in [1.165, 1.54) is 43.3 Å². The summed E-state index contributed by atoms with van der Waals surface area (Å²) in [6, 6.07) is 9.32. The summed E-state index contributed by atoms with van der Waals surface area (Å²) < 4.78 is 32.1. The summed E-state index contributed by atoms with van der Waals surface area (Å²) in [6.07, 6.45) is -1.04. The molecule has 2 amide bonds. The van der Waals surface area contributed by atoms with E-state index in [0.717, 1.165) is 9.87 Å². The molecule has 12 heteroatoms. The second-order valence-electron chi connectivity index (χ2n) is 8.63. The summed E-state index contributed by atoms with van der Waals surface area (Å²) in [6.45, 7) is 1.32. The number of hydrogen-bond acceptors (Lipinski definition) is 7. The van der Waals surface area contributed by atoms with E-state index in [1.807, 2.05) is 0 Å². The number of sulfonamides is 1. The molecule has 3 rings (SSSR count). The number of ether oxygens (including phenoxy) is 1. The predicted molar refractivity (Wildman–Crippen MR) is 128 cm³/mol. The zero-order chi connectivity index (χ0) is 26.6. The van der Waals surface area contributed by atoms with E-state index in [0.29, 0.717) is 5.56 Å². The molecule has 1 aliphatic rings. The van der Waals surface area contributed by atoms with Crippen molar-refractivity contribution < 1.29 is 37.4 Å². The zero-order valence-corrected chi connectivity index (χ0v) is 20.8. The number of rotatable bonds is 8. The van der Waals surface area contributed by atoms with E-state index in [4.69, 9.17) is 4.74 Å². The highest BCUT2D eigenvalue weighted by molar-refractivity contribution is 7.89. The van der Waals surface area contributed by atoms with Crippen LogP contribution in [0.4, 0.5) is 4.79 Å². The van der Waals surface area contributed by atoms with E-state index < -0.39 is 52.4 Å². The number of Topliss-reactive ketones (excluding diaryl/α,β-unsaturated/α-hetero) is 1. The van der Waals surface area contributed by atoms with Gasteiger partial charge in [0.25, 0.3) is 0 Å². The molecule has 0 aromatic heterocycles. The van der Waals surface area contributed by atoms with Gasteiger partial charge >= 0.3 is 12.1 Å². The fourth-order valence-corrected chi connectivity index (χ4v) is 5.15. The number of aryl methyl sites for hydroxylation is 1. The lowest BCUT2D eigenvalue weighted by Gasteiger charge is -2.24. The first-order chi connectivity index (χ1) is 16.9. The Balaban J connectivity index is 1.73. The van der Waals surface area contributed by atoms with Crippen molar-refractivity contribution in [3.8, 4) is 5.75 Å². The molecular formula is C24H27N3O8S. The predicted octanol–water partition coefficient (Wildman–Crippen LogP) is 1.20. The Morgan fingerprint density at radius 2 is 1.72 bits per heavy atom. The molecule has 2 N–H and O–H groups in total. The zero-order valence-electron chi connectivity index (χ0n) is 20.0. The van der Waals surface area contributed by atoms with Crippen molar-refractivity contribution in [3.05, 3.63) is 59.7 Å². The van der Waals surface area contributed by atoms with Crippen LogP contribution in [0.5, 0.6) is 5.75 Å². The lowest BCUT2D eigenvalue weighted by Crippen LogP contribution is -2.51. The van der Waals surface area contributed by atoms with Crippen LogP contribution < -0.4 is 10.1 Å². The molecule has 1 fully saturated rings. The number of carbonyl (C=O) groups excluding carboxylic acids is 3. The second kappa shape index (κ2) is 10.9. The first-order valence-electron chi connectivity index (χ1n) is 11.0. The fourth-order valence-electron chi connectivity index (χ4n) is 3.58. The summed E-state index contributed by atoms with van der Waals surface area (Å²) in [5.41, 5.74) is 1.37. The number of amides is 2. The molecule has 1 saturated heterocycles. The smallest absolute Gasteiger partial charge is 0.414 e. The summed E-state index contributed by atoms with van der Waals surface area (Å²) in [5.74, 6) is -2.39. The van der Waals surface area contributed by atoms with Gasteiger partial charge in [-0.05, 0) is 36.8 Å². The van der Waals surface area contributed by atoms with Gasteiger partial charge < -0.3 is 20.1 Å². The first-order valence-corrected chi connectivity index (χ1v) is 12.4. The number of benzene rings is 2. The molecule has 0 aliphatic carbocycles. The van der Waals surface area contributed by atoms with Crippen LogP contribution in [0.1, 0.15) is 17.5 Å². The highest BCUT2D eigenvalue weighted by atomic mass is 32.2. The molecule has 0 unspecified atom stereocenters. The minimum atomic E-state index is -4.16. The lowest BCUT2D eigenvalue weighted by atomic mass is 10.1. The van der Waals surface area contributed by atoms with E-state index >= 15 is 0 Å². The quantitative estimate of drug-likeness (QED) is 0.530. The number of nitrogens with zero attached hydrogens (tertiary/aromatic N) is 2. The van der Waals surface area contributed by atoms with Crippen LogP contribution in [0, 0.1) is 6.92 Å². The normalized spacial score (nSPS) is 16.9. The molecule has 1 heterocycles. The topological polar surface area (TPSA) is 150 Å². The van der Waals surface area contributed by atoms with Gasteiger partial charge in [-0.3, -0.25) is 9.59 Å². The van der Waals surface area contributed by atoms with Crippen LogP contribution in [-0.2, 0) is 30.8 Å². The van der Waals surface area contributed by atoms with E-state index in [1.54, 1.807) is 31.2 Å². The molecule has 11 nitrogen and oxygen atoms in total. The van der Waals surface area contributed by atoms with Gasteiger partial charge in [-0.15, -0.1) is 0 Å². The SMILES string of the molecule is Cc1ccc(S(=O)(=O)N2CC(=O)C[C@H]2C(=O)N[C@@H](Cc2ccc(OC(=O)N(C)C)cc2)C(=O)O)cc1. The molecule has 2 atom stereocenters. The summed E-state index contributed by atoms with van der Waals surface area (Å²) in [5, 5.41) is 12.0. The maximum Gasteiger partial charge on any atom is 0.414 e. The van der Waals surface area contributed by atoms with Gasteiger partial charge in [0.05, 0.1) is 11.4 Å². The van der Waals surface area contributed by atoms with Crippen molar-refractivity contribution in [3.63, 3.8) is 0 Å². The minimum absolute atomic E-state index is 0.0644. The van der Waals surface area contributed by atoms with Crippen molar-refractivity contribution in [2.45, 2.75) is 36.7 Å². The monoisotopic (exact) mass is 517 g/mol. The number of aliphatic carboxylic acids is 1. The summed E-state index contributed by atoms with van der Waals surface area (Å²) in [4.78, 5) is 49.8. The Hall–Kier alpha value is -3.77. The number of ketones is 1. The van der Waals surface area contributed by atoms with E-state index in [-0.39, 0.29) is 23.5 Å². The van der Waals surface area contributed by atoms with Gasteiger partial charge in [0.1, 0.15) is 23.6 Å². The van der Waals surface area contributed by atoms with Crippen LogP contribution >= 0.6 is 0 Å². The highest BCUT2D eigenvalue weighted by Gasteiger charge is 2.44. The third kappa shape index (κ3) is 6.26. The largest absolute Gasteiger partial charge is 0.480 e. The van der Waals surface area contributed by atoms with Crippen molar-refractivity contribution in [2.24, 2.45) is 0 Å². The minimum Gasteiger partial charge on any atom is -0.480 e. The van der Waals surface area contributed by atoms with Crippen LogP contribution in [0.15, 0.2) is 53.4 Å². The molecule has 2 aromatic carbocycles. The van der Waals surface area contributed by atoms with Crippen LogP contribution in [0.3, 0.4) is 0 Å². The van der Waals surface area contributed by atoms with E-state index in [9.17, 15) is 32.7 Å². The molecular weight excluding hydrogens is 490 g/mol. The third-order valence-corrected chi connectivity index (χ3v) is 7.45. The van der Waals surface area contributed by atoms with Crippen molar-refractivity contribution >= 4 is 33.8 Å². The van der Waals surface area contributed by atoms with Crippen LogP contribution in [0.2, 0.25) is 0 Å². The standard InChI is InChI=1S/C24H27N3O8S/c1-15-4-10-19(11-5-15)36(33,34)27-14-17(28)13-21(27)22(29)25-20(23(30)31)12-16-6-8-18(9-7-16)35-24(32)26(2)3/h4-11,20-21H,12-14H2,1-3H3,(H,25,29)(H,30,31)/t20-,21-/m0/s1. The number of carboxylic acid groups (broad SMARTS) is 1. The summed E-state index contributed by atoms with van der Waals surface area (Å²) >= 11 is 0. The molecule has 0 radical (unpaired) electrons. The van der Waals surface area contributed by atoms with Gasteiger partial charge in [0.2, 0.25) is 15.9 Å². The van der Waals surface area contributed by atoms with Crippen LogP contribution in [-0.4, -0.2) is 79.2 Å². The molecule has 0 spiro atoms. The number of carboxylic acids is 1. The van der Waals surface area contributed by atoms with Gasteiger partial charge in [-0.1, -0.05) is 29.8 Å². The molecule has 36 heavy (non-hydrogen) atoms. The van der Waals surface area contributed by atoms with Crippen molar-refractivity contribution in [1.29, 1.82) is 0 Å². The average Bonchev–Trinajstić information content (AvgIpc) is 3.22. The Morgan fingerprint density at radius 1 is 1.11 bits per heavy atom. The average molecular weight is 518 g/mol. The van der Waals surface area contributed by atoms with Crippen molar-refractivity contribution in [1.82, 2.24) is 14.5 Å². The Bertz CT molecular complexity index is 1260. The van der Waals surface area contributed by atoms with Gasteiger partial charge in [0, 0.05) is 26.9 Å². The van der Waals surface area contributed by atoms with E-state index in [2.05, 4.69) is 5.32 Å². The molecule has 192 valence electrons. The third-order valence-electron chi connectivity index (χ3n) is 5.58. The number of nitrogens with one attached hydrogen (secondary N) is 1. The number of carbonyl (C=O) groups is 4. The van der Waals surface area contributed by atoms with Gasteiger partial charge in [-0.2, -0.15) is 4.31 Å².